The van der Waals surface area contributed by atoms with Crippen molar-refractivity contribution >= 4 is 29.2 Å². The Hall–Kier alpha value is -1.95. The van der Waals surface area contributed by atoms with Crippen molar-refractivity contribution in [2.24, 2.45) is 0 Å². The average molecular weight is 333 g/mol. The number of thiazole rings is 1. The number of nitrogens with zero attached hydrogens (tertiary/aromatic N) is 1. The first-order chi connectivity index (χ1) is 11.1. The third kappa shape index (κ3) is 4.76. The van der Waals surface area contributed by atoms with Crippen LogP contribution in [0.3, 0.4) is 0 Å². The molecule has 0 saturated heterocycles. The largest absolute Gasteiger partial charge is 0.351 e. The lowest BCUT2D eigenvalue weighted by atomic mass is 9.80. The van der Waals surface area contributed by atoms with Crippen LogP contribution in [0.4, 0.5) is 0 Å². The van der Waals surface area contributed by atoms with Gasteiger partial charge in [-0.1, -0.05) is 25.3 Å². The molecule has 5 nitrogen and oxygen atoms in total. The molecule has 0 bridgehead atoms. The molecule has 2 rings (SSSR count). The highest BCUT2D eigenvalue weighted by atomic mass is 32.1. The normalized spacial score (nSPS) is 16.9. The van der Waals surface area contributed by atoms with Crippen molar-refractivity contribution in [3.8, 4) is 0 Å². The van der Waals surface area contributed by atoms with Gasteiger partial charge in [0.15, 0.2) is 0 Å². The molecule has 0 aromatic carbocycles. The summed E-state index contributed by atoms with van der Waals surface area (Å²) in [5.74, 6) is -0.362. The Balaban J connectivity index is 2.04. The molecule has 6 heteroatoms. The van der Waals surface area contributed by atoms with Gasteiger partial charge in [-0.3, -0.25) is 9.59 Å². The van der Waals surface area contributed by atoms with Crippen LogP contribution >= 0.6 is 11.3 Å². The Morgan fingerprint density at radius 3 is 2.74 bits per heavy atom. The highest BCUT2D eigenvalue weighted by Crippen LogP contribution is 2.28. The Bertz CT molecular complexity index is 601. The molecule has 0 unspecified atom stereocenters. The molecule has 0 aliphatic heterocycles. The lowest BCUT2D eigenvalue weighted by molar-refractivity contribution is -0.133. The van der Waals surface area contributed by atoms with Crippen molar-refractivity contribution in [3.63, 3.8) is 0 Å². The van der Waals surface area contributed by atoms with Gasteiger partial charge < -0.3 is 10.6 Å². The van der Waals surface area contributed by atoms with Gasteiger partial charge in [0.25, 0.3) is 0 Å². The number of carbonyl (C=O) groups is 2. The van der Waals surface area contributed by atoms with E-state index in [9.17, 15) is 9.59 Å². The van der Waals surface area contributed by atoms with Crippen LogP contribution in [0.1, 0.15) is 42.0 Å². The molecular formula is C17H23N3O2S. The monoisotopic (exact) mass is 333 g/mol. The van der Waals surface area contributed by atoms with Crippen LogP contribution in [0.2, 0.25) is 0 Å². The standard InChI is InChI=1S/C17H23N3O2S/c1-3-11-18-16(22)17(9-5-4-6-10-17)20-15(21)8-7-14-12-19-13(2)23-14/h3,7-8,12H,1,4-6,9-11H2,2H3,(H,18,22)(H,20,21)/b8-7+. The maximum Gasteiger partial charge on any atom is 0.246 e. The molecule has 0 spiro atoms. The second kappa shape index (κ2) is 8.06. The van der Waals surface area contributed by atoms with Crippen molar-refractivity contribution in [3.05, 3.63) is 34.8 Å². The Morgan fingerprint density at radius 1 is 1.39 bits per heavy atom. The highest BCUT2D eigenvalue weighted by Gasteiger charge is 2.40. The predicted molar refractivity (Wildman–Crippen MR) is 93.1 cm³/mol. The summed E-state index contributed by atoms with van der Waals surface area (Å²) in [4.78, 5) is 29.8. The summed E-state index contributed by atoms with van der Waals surface area (Å²) in [6.45, 7) is 5.94. The van der Waals surface area contributed by atoms with Crippen LogP contribution in [0, 0.1) is 6.92 Å². The first kappa shape index (κ1) is 17.4. The summed E-state index contributed by atoms with van der Waals surface area (Å²) >= 11 is 1.52. The van der Waals surface area contributed by atoms with E-state index in [1.165, 1.54) is 17.4 Å². The van der Waals surface area contributed by atoms with E-state index < -0.39 is 5.54 Å². The number of carbonyl (C=O) groups excluding carboxylic acids is 2. The number of aromatic nitrogens is 1. The van der Waals surface area contributed by atoms with Gasteiger partial charge in [-0.05, 0) is 25.8 Å². The Kier molecular flexibility index (Phi) is 6.10. The summed E-state index contributed by atoms with van der Waals surface area (Å²) in [5.41, 5.74) is -0.799. The molecule has 23 heavy (non-hydrogen) atoms. The molecule has 2 N–H and O–H groups in total. The van der Waals surface area contributed by atoms with E-state index in [1.807, 2.05) is 6.92 Å². The van der Waals surface area contributed by atoms with Gasteiger partial charge in [0, 0.05) is 23.7 Å². The fraction of sp³-hybridized carbons (Fsp3) is 0.471. The number of nitrogens with one attached hydrogen (secondary N) is 2. The van der Waals surface area contributed by atoms with E-state index in [-0.39, 0.29) is 11.8 Å². The van der Waals surface area contributed by atoms with Crippen LogP contribution in [0.5, 0.6) is 0 Å². The van der Waals surface area contributed by atoms with Gasteiger partial charge >= 0.3 is 0 Å². The minimum absolute atomic E-state index is 0.118. The van der Waals surface area contributed by atoms with Crippen LogP contribution in [0.25, 0.3) is 6.08 Å². The lowest BCUT2D eigenvalue weighted by Gasteiger charge is -2.36. The summed E-state index contributed by atoms with van der Waals surface area (Å²) in [7, 11) is 0. The van der Waals surface area contributed by atoms with Gasteiger partial charge in [0.05, 0.1) is 5.01 Å². The maximum atomic E-state index is 12.5. The molecule has 1 aliphatic carbocycles. The van der Waals surface area contributed by atoms with Crippen molar-refractivity contribution in [1.82, 2.24) is 15.6 Å². The molecule has 0 atom stereocenters. The van der Waals surface area contributed by atoms with Gasteiger partial charge in [-0.25, -0.2) is 4.98 Å². The van der Waals surface area contributed by atoms with Gasteiger partial charge in [0.2, 0.25) is 11.8 Å². The van der Waals surface area contributed by atoms with E-state index in [0.29, 0.717) is 19.4 Å². The van der Waals surface area contributed by atoms with Crippen molar-refractivity contribution in [2.75, 3.05) is 6.54 Å². The fourth-order valence-corrected chi connectivity index (χ4v) is 3.48. The minimum Gasteiger partial charge on any atom is -0.351 e. The molecule has 1 aliphatic rings. The first-order valence-electron chi connectivity index (χ1n) is 7.87. The summed E-state index contributed by atoms with van der Waals surface area (Å²) in [6.07, 6.45) is 10.9. The average Bonchev–Trinajstić information content (AvgIpc) is 2.97. The topological polar surface area (TPSA) is 71.1 Å². The van der Waals surface area contributed by atoms with Gasteiger partial charge in [0.1, 0.15) is 5.54 Å². The Labute approximate surface area is 140 Å². The molecule has 1 fully saturated rings. The summed E-state index contributed by atoms with van der Waals surface area (Å²) in [6, 6.07) is 0. The lowest BCUT2D eigenvalue weighted by Crippen LogP contribution is -2.59. The number of amides is 2. The Morgan fingerprint density at radius 2 is 2.13 bits per heavy atom. The fourth-order valence-electron chi connectivity index (χ4n) is 2.79. The third-order valence-electron chi connectivity index (χ3n) is 3.95. The van der Waals surface area contributed by atoms with E-state index in [0.717, 1.165) is 29.1 Å². The summed E-state index contributed by atoms with van der Waals surface area (Å²) in [5, 5.41) is 6.71. The predicted octanol–water partition coefficient (Wildman–Crippen LogP) is 2.59. The molecular weight excluding hydrogens is 310 g/mol. The van der Waals surface area contributed by atoms with E-state index >= 15 is 0 Å². The van der Waals surface area contributed by atoms with E-state index in [2.05, 4.69) is 22.2 Å². The second-order valence-corrected chi connectivity index (χ2v) is 7.01. The van der Waals surface area contributed by atoms with E-state index in [4.69, 9.17) is 0 Å². The molecule has 1 aromatic heterocycles. The number of rotatable bonds is 6. The van der Waals surface area contributed by atoms with Crippen molar-refractivity contribution in [1.29, 1.82) is 0 Å². The SMILES string of the molecule is C=CCNC(=O)C1(NC(=O)/C=C/c2cnc(C)s2)CCCCC1. The van der Waals surface area contributed by atoms with E-state index in [1.54, 1.807) is 18.3 Å². The zero-order chi connectivity index (χ0) is 16.7. The molecule has 0 radical (unpaired) electrons. The second-order valence-electron chi connectivity index (χ2n) is 5.75. The molecule has 1 heterocycles. The van der Waals surface area contributed by atoms with Gasteiger partial charge in [-0.2, -0.15) is 0 Å². The molecule has 1 aromatic rings. The zero-order valence-electron chi connectivity index (χ0n) is 13.4. The van der Waals surface area contributed by atoms with Crippen LogP contribution < -0.4 is 10.6 Å². The smallest absolute Gasteiger partial charge is 0.246 e. The van der Waals surface area contributed by atoms with Crippen LogP contribution in [-0.4, -0.2) is 28.9 Å². The van der Waals surface area contributed by atoms with Gasteiger partial charge in [-0.15, -0.1) is 17.9 Å². The number of aryl methyl sites for hydroxylation is 1. The van der Waals surface area contributed by atoms with Crippen molar-refractivity contribution in [2.45, 2.75) is 44.6 Å². The maximum absolute atomic E-state index is 12.5. The highest BCUT2D eigenvalue weighted by molar-refractivity contribution is 7.12. The quantitative estimate of drug-likeness (QED) is 0.621. The molecule has 1 saturated carbocycles. The molecule has 124 valence electrons. The zero-order valence-corrected chi connectivity index (χ0v) is 14.2. The minimum atomic E-state index is -0.799. The number of hydrogen-bond acceptors (Lipinski definition) is 4. The van der Waals surface area contributed by atoms with Crippen molar-refractivity contribution < 1.29 is 9.59 Å². The first-order valence-corrected chi connectivity index (χ1v) is 8.69. The van der Waals surface area contributed by atoms with Crippen LogP contribution in [-0.2, 0) is 9.59 Å². The van der Waals surface area contributed by atoms with Crippen LogP contribution in [0.15, 0.2) is 24.9 Å². The molecule has 2 amide bonds. The summed E-state index contributed by atoms with van der Waals surface area (Å²) < 4.78 is 0. The number of hydrogen-bond donors (Lipinski definition) is 2. The third-order valence-corrected chi connectivity index (χ3v) is 4.83.